The van der Waals surface area contributed by atoms with E-state index in [9.17, 15) is 9.59 Å². The first-order valence-corrected chi connectivity index (χ1v) is 9.66. The van der Waals surface area contributed by atoms with Crippen LogP contribution in [0.3, 0.4) is 0 Å². The Bertz CT molecular complexity index is 920. The zero-order chi connectivity index (χ0) is 17.8. The van der Waals surface area contributed by atoms with Crippen LogP contribution in [0.4, 0.5) is 0 Å². The van der Waals surface area contributed by atoms with E-state index in [0.717, 1.165) is 14.0 Å². The standard InChI is InChI=1S/C18H16IN3O2S/c1-12(18(24)20-11-13-4-6-14(19)7-5-13)22-17(23)9-8-15(21-22)16-3-2-10-25-16/h2-10,12H,11H2,1H3,(H,20,24). The molecule has 0 fully saturated rings. The van der Waals surface area contributed by atoms with Crippen LogP contribution in [-0.4, -0.2) is 15.7 Å². The maximum atomic E-state index is 12.4. The molecule has 0 bridgehead atoms. The Balaban J connectivity index is 1.74. The van der Waals surface area contributed by atoms with Crippen molar-refractivity contribution in [2.45, 2.75) is 19.5 Å². The maximum Gasteiger partial charge on any atom is 0.267 e. The van der Waals surface area contributed by atoms with Crippen LogP contribution in [0.2, 0.25) is 0 Å². The summed E-state index contributed by atoms with van der Waals surface area (Å²) in [5, 5.41) is 9.16. The van der Waals surface area contributed by atoms with Gasteiger partial charge in [-0.25, -0.2) is 4.68 Å². The molecule has 1 atom stereocenters. The fraction of sp³-hybridized carbons (Fsp3) is 0.167. The second kappa shape index (κ2) is 7.92. The van der Waals surface area contributed by atoms with Crippen molar-refractivity contribution < 1.29 is 4.79 Å². The summed E-state index contributed by atoms with van der Waals surface area (Å²) in [6.07, 6.45) is 0. The summed E-state index contributed by atoms with van der Waals surface area (Å²) in [4.78, 5) is 25.5. The van der Waals surface area contributed by atoms with Gasteiger partial charge in [-0.3, -0.25) is 9.59 Å². The third kappa shape index (κ3) is 4.35. The molecule has 1 aromatic carbocycles. The van der Waals surface area contributed by atoms with Crippen molar-refractivity contribution in [3.63, 3.8) is 0 Å². The first-order valence-electron chi connectivity index (χ1n) is 7.70. The van der Waals surface area contributed by atoms with E-state index in [-0.39, 0.29) is 11.5 Å². The Morgan fingerprint density at radius 2 is 2.00 bits per heavy atom. The summed E-state index contributed by atoms with van der Waals surface area (Å²) in [7, 11) is 0. The Hall–Kier alpha value is -2.00. The lowest BCUT2D eigenvalue weighted by Gasteiger charge is -2.14. The molecule has 2 aromatic heterocycles. The molecule has 2 heterocycles. The number of nitrogens with zero attached hydrogens (tertiary/aromatic N) is 2. The zero-order valence-corrected chi connectivity index (χ0v) is 16.5. The molecule has 0 saturated carbocycles. The van der Waals surface area contributed by atoms with Crippen LogP contribution in [-0.2, 0) is 11.3 Å². The number of halogens is 1. The van der Waals surface area contributed by atoms with Crippen molar-refractivity contribution in [3.05, 3.63) is 73.4 Å². The molecular formula is C18H16IN3O2S. The molecular weight excluding hydrogens is 449 g/mol. The third-order valence-electron chi connectivity index (χ3n) is 3.72. The van der Waals surface area contributed by atoms with E-state index in [1.807, 2.05) is 41.8 Å². The van der Waals surface area contributed by atoms with Gasteiger partial charge in [-0.15, -0.1) is 11.3 Å². The van der Waals surface area contributed by atoms with Gasteiger partial charge >= 0.3 is 0 Å². The Morgan fingerprint density at radius 3 is 2.68 bits per heavy atom. The molecule has 0 radical (unpaired) electrons. The molecule has 1 N–H and O–H groups in total. The average molecular weight is 465 g/mol. The normalized spacial score (nSPS) is 11.9. The molecule has 7 heteroatoms. The van der Waals surface area contributed by atoms with Gasteiger partial charge in [-0.1, -0.05) is 18.2 Å². The Labute approximate surface area is 162 Å². The van der Waals surface area contributed by atoms with E-state index in [1.165, 1.54) is 10.7 Å². The topological polar surface area (TPSA) is 64.0 Å². The highest BCUT2D eigenvalue weighted by Gasteiger charge is 2.18. The summed E-state index contributed by atoms with van der Waals surface area (Å²) in [5.41, 5.74) is 1.40. The lowest BCUT2D eigenvalue weighted by Crippen LogP contribution is -2.36. The Kier molecular flexibility index (Phi) is 5.64. The summed E-state index contributed by atoms with van der Waals surface area (Å²) >= 11 is 3.77. The van der Waals surface area contributed by atoms with Gasteiger partial charge in [0.15, 0.2) is 0 Å². The number of carbonyl (C=O) groups is 1. The van der Waals surface area contributed by atoms with Crippen LogP contribution in [0.5, 0.6) is 0 Å². The molecule has 0 saturated heterocycles. The van der Waals surface area contributed by atoms with Crippen molar-refractivity contribution >= 4 is 39.8 Å². The van der Waals surface area contributed by atoms with Gasteiger partial charge in [0.25, 0.3) is 5.56 Å². The smallest absolute Gasteiger partial charge is 0.267 e. The van der Waals surface area contributed by atoms with Gasteiger partial charge in [-0.2, -0.15) is 5.10 Å². The molecule has 0 aliphatic carbocycles. The van der Waals surface area contributed by atoms with Crippen LogP contribution >= 0.6 is 33.9 Å². The molecule has 0 spiro atoms. The van der Waals surface area contributed by atoms with Gasteiger partial charge in [0, 0.05) is 16.2 Å². The fourth-order valence-electron chi connectivity index (χ4n) is 2.31. The molecule has 25 heavy (non-hydrogen) atoms. The van der Waals surface area contributed by atoms with Gasteiger partial charge in [0.1, 0.15) is 11.7 Å². The van der Waals surface area contributed by atoms with E-state index < -0.39 is 6.04 Å². The Morgan fingerprint density at radius 1 is 1.24 bits per heavy atom. The maximum absolute atomic E-state index is 12.4. The minimum absolute atomic E-state index is 0.239. The van der Waals surface area contributed by atoms with Crippen molar-refractivity contribution in [1.29, 1.82) is 0 Å². The van der Waals surface area contributed by atoms with Crippen molar-refractivity contribution in [3.8, 4) is 10.6 Å². The van der Waals surface area contributed by atoms with Gasteiger partial charge in [0.2, 0.25) is 5.91 Å². The van der Waals surface area contributed by atoms with E-state index >= 15 is 0 Å². The number of hydrogen-bond donors (Lipinski definition) is 1. The number of nitrogens with one attached hydrogen (secondary N) is 1. The molecule has 0 aliphatic heterocycles. The molecule has 1 unspecified atom stereocenters. The molecule has 1 amide bonds. The van der Waals surface area contributed by atoms with Gasteiger partial charge < -0.3 is 5.32 Å². The SMILES string of the molecule is CC(C(=O)NCc1ccc(I)cc1)n1nc(-c2cccs2)ccc1=O. The highest BCUT2D eigenvalue weighted by Crippen LogP contribution is 2.21. The van der Waals surface area contributed by atoms with E-state index in [0.29, 0.717) is 12.2 Å². The molecule has 5 nitrogen and oxygen atoms in total. The first-order chi connectivity index (χ1) is 12.0. The average Bonchev–Trinajstić information content (AvgIpc) is 3.15. The number of thiophene rings is 1. The molecule has 3 aromatic rings. The van der Waals surface area contributed by atoms with Gasteiger partial charge in [-0.05, 0) is 64.7 Å². The van der Waals surface area contributed by atoms with Crippen molar-refractivity contribution in [2.75, 3.05) is 0 Å². The highest BCUT2D eigenvalue weighted by atomic mass is 127. The molecule has 3 rings (SSSR count). The summed E-state index contributed by atoms with van der Waals surface area (Å²) in [6.45, 7) is 2.09. The van der Waals surface area contributed by atoms with E-state index in [2.05, 4.69) is 33.0 Å². The van der Waals surface area contributed by atoms with Crippen LogP contribution in [0.1, 0.15) is 18.5 Å². The third-order valence-corrected chi connectivity index (χ3v) is 5.34. The second-order valence-electron chi connectivity index (χ2n) is 5.50. The van der Waals surface area contributed by atoms with Crippen LogP contribution in [0.15, 0.2) is 58.7 Å². The fourth-order valence-corrected chi connectivity index (χ4v) is 3.36. The molecule has 128 valence electrons. The second-order valence-corrected chi connectivity index (χ2v) is 7.69. The lowest BCUT2D eigenvalue weighted by molar-refractivity contribution is -0.124. The lowest BCUT2D eigenvalue weighted by atomic mass is 10.2. The number of rotatable bonds is 5. The van der Waals surface area contributed by atoms with Crippen LogP contribution in [0, 0.1) is 3.57 Å². The van der Waals surface area contributed by atoms with Crippen LogP contribution < -0.4 is 10.9 Å². The predicted molar refractivity (Wildman–Crippen MR) is 108 cm³/mol. The number of carbonyl (C=O) groups excluding carboxylic acids is 1. The number of benzene rings is 1. The zero-order valence-electron chi connectivity index (χ0n) is 13.5. The summed E-state index contributed by atoms with van der Waals surface area (Å²) in [6, 6.07) is 14.2. The van der Waals surface area contributed by atoms with Gasteiger partial charge in [0.05, 0.1) is 4.88 Å². The first kappa shape index (κ1) is 17.8. The number of amides is 1. The van der Waals surface area contributed by atoms with Crippen molar-refractivity contribution in [2.24, 2.45) is 0 Å². The van der Waals surface area contributed by atoms with E-state index in [4.69, 9.17) is 0 Å². The largest absolute Gasteiger partial charge is 0.350 e. The summed E-state index contributed by atoms with van der Waals surface area (Å²) in [5.74, 6) is -0.239. The monoisotopic (exact) mass is 465 g/mol. The number of hydrogen-bond acceptors (Lipinski definition) is 4. The predicted octanol–water partition coefficient (Wildman–Crippen LogP) is 3.45. The minimum atomic E-state index is -0.684. The van der Waals surface area contributed by atoms with E-state index in [1.54, 1.807) is 24.3 Å². The summed E-state index contributed by atoms with van der Waals surface area (Å²) < 4.78 is 2.38. The minimum Gasteiger partial charge on any atom is -0.350 e. The molecule has 0 aliphatic rings. The quantitative estimate of drug-likeness (QED) is 0.588. The van der Waals surface area contributed by atoms with Crippen molar-refractivity contribution in [1.82, 2.24) is 15.1 Å². The number of aromatic nitrogens is 2. The highest BCUT2D eigenvalue weighted by molar-refractivity contribution is 14.1. The van der Waals surface area contributed by atoms with Crippen LogP contribution in [0.25, 0.3) is 10.6 Å².